The Morgan fingerprint density at radius 1 is 1.35 bits per heavy atom. The van der Waals surface area contributed by atoms with Crippen LogP contribution in [-0.4, -0.2) is 13.7 Å². The maximum Gasteiger partial charge on any atom is 0.122 e. The maximum absolute atomic E-state index is 5.45. The molecule has 4 heteroatoms. The number of hydrogen-bond donors (Lipinski definition) is 1. The largest absolute Gasteiger partial charge is 0.496 e. The number of nitrogens with one attached hydrogen (secondary N) is 1. The normalized spacial score (nSPS) is 12.4. The van der Waals surface area contributed by atoms with Crippen LogP contribution in [0.25, 0.3) is 0 Å². The average molecular weight is 354 g/mol. The fraction of sp³-hybridized carbons (Fsp3) is 0.375. The van der Waals surface area contributed by atoms with Crippen molar-refractivity contribution in [2.75, 3.05) is 13.7 Å². The van der Waals surface area contributed by atoms with Gasteiger partial charge in [-0.3, -0.25) is 0 Å². The van der Waals surface area contributed by atoms with E-state index in [4.69, 9.17) is 4.74 Å². The van der Waals surface area contributed by atoms with E-state index in [1.807, 2.05) is 0 Å². The van der Waals surface area contributed by atoms with Crippen LogP contribution in [0.1, 0.15) is 35.4 Å². The number of hydrogen-bond acceptors (Lipinski definition) is 3. The summed E-state index contributed by atoms with van der Waals surface area (Å²) in [6, 6.07) is 8.74. The summed E-state index contributed by atoms with van der Waals surface area (Å²) in [6.45, 7) is 5.24. The fourth-order valence-electron chi connectivity index (χ4n) is 2.18. The molecule has 1 atom stereocenters. The first-order valence-corrected chi connectivity index (χ1v) is 8.45. The van der Waals surface area contributed by atoms with Crippen molar-refractivity contribution in [2.45, 2.75) is 26.3 Å². The molecular weight excluding hydrogens is 334 g/mol. The van der Waals surface area contributed by atoms with Gasteiger partial charge in [-0.15, -0.1) is 11.3 Å². The summed E-state index contributed by atoms with van der Waals surface area (Å²) in [7, 11) is 1.72. The first-order chi connectivity index (χ1) is 9.67. The monoisotopic (exact) mass is 353 g/mol. The van der Waals surface area contributed by atoms with E-state index in [0.29, 0.717) is 0 Å². The van der Waals surface area contributed by atoms with E-state index in [9.17, 15) is 0 Å². The second-order valence-electron chi connectivity index (χ2n) is 4.75. The zero-order valence-electron chi connectivity index (χ0n) is 12.1. The maximum atomic E-state index is 5.45. The van der Waals surface area contributed by atoms with Crippen molar-refractivity contribution in [2.24, 2.45) is 0 Å². The second kappa shape index (κ2) is 7.25. The molecule has 0 spiro atoms. The molecule has 0 aliphatic carbocycles. The highest BCUT2D eigenvalue weighted by atomic mass is 79.9. The summed E-state index contributed by atoms with van der Waals surface area (Å²) in [5.41, 5.74) is 2.40. The third kappa shape index (κ3) is 3.43. The van der Waals surface area contributed by atoms with E-state index in [0.717, 1.165) is 28.8 Å². The Bertz CT molecular complexity index is 567. The molecule has 1 N–H and O–H groups in total. The zero-order valence-corrected chi connectivity index (χ0v) is 14.5. The van der Waals surface area contributed by atoms with Crippen LogP contribution < -0.4 is 10.1 Å². The fourth-order valence-corrected chi connectivity index (χ4v) is 3.88. The number of benzene rings is 1. The molecule has 1 heterocycles. The molecule has 1 aromatic carbocycles. The third-order valence-electron chi connectivity index (χ3n) is 3.27. The van der Waals surface area contributed by atoms with Crippen LogP contribution in [0, 0.1) is 6.92 Å². The molecular formula is C16H20BrNOS. The molecule has 1 aromatic heterocycles. The Morgan fingerprint density at radius 3 is 2.75 bits per heavy atom. The van der Waals surface area contributed by atoms with Crippen LogP contribution in [-0.2, 0) is 0 Å². The van der Waals surface area contributed by atoms with Gasteiger partial charge in [-0.05, 0) is 64.5 Å². The first kappa shape index (κ1) is 15.5. The van der Waals surface area contributed by atoms with Crippen molar-refractivity contribution in [3.63, 3.8) is 0 Å². The highest BCUT2D eigenvalue weighted by molar-refractivity contribution is 9.10. The molecule has 108 valence electrons. The van der Waals surface area contributed by atoms with Crippen molar-refractivity contribution in [3.8, 4) is 5.75 Å². The van der Waals surface area contributed by atoms with Gasteiger partial charge in [0, 0.05) is 9.35 Å². The minimum absolute atomic E-state index is 0.207. The Labute approximate surface area is 133 Å². The number of aryl methyl sites for hydroxylation is 1. The lowest BCUT2D eigenvalue weighted by molar-refractivity contribution is 0.410. The van der Waals surface area contributed by atoms with Gasteiger partial charge in [-0.1, -0.05) is 19.1 Å². The molecule has 0 saturated carbocycles. The van der Waals surface area contributed by atoms with Crippen molar-refractivity contribution >= 4 is 27.3 Å². The van der Waals surface area contributed by atoms with Gasteiger partial charge in [-0.25, -0.2) is 0 Å². The van der Waals surface area contributed by atoms with E-state index < -0.39 is 0 Å². The Hall–Kier alpha value is -0.840. The first-order valence-electron chi connectivity index (χ1n) is 6.78. The lowest BCUT2D eigenvalue weighted by atomic mass is 10.0. The van der Waals surface area contributed by atoms with Crippen LogP contribution >= 0.6 is 27.3 Å². The molecule has 0 saturated heterocycles. The molecule has 1 unspecified atom stereocenters. The van der Waals surface area contributed by atoms with Crippen molar-refractivity contribution in [1.29, 1.82) is 0 Å². The molecule has 0 amide bonds. The van der Waals surface area contributed by atoms with Crippen LogP contribution in [0.2, 0.25) is 0 Å². The second-order valence-corrected chi connectivity index (χ2v) is 6.55. The molecule has 2 nitrogen and oxygen atoms in total. The van der Waals surface area contributed by atoms with Gasteiger partial charge >= 0.3 is 0 Å². The van der Waals surface area contributed by atoms with Gasteiger partial charge in [0.2, 0.25) is 0 Å². The summed E-state index contributed by atoms with van der Waals surface area (Å²) < 4.78 is 6.61. The summed E-state index contributed by atoms with van der Waals surface area (Å²) in [5.74, 6) is 0.943. The number of halogens is 1. The lowest BCUT2D eigenvalue weighted by Gasteiger charge is -2.20. The van der Waals surface area contributed by atoms with Crippen LogP contribution in [0.5, 0.6) is 5.75 Å². The molecule has 0 aliphatic heterocycles. The number of ether oxygens (including phenoxy) is 1. The van der Waals surface area contributed by atoms with Crippen molar-refractivity contribution in [1.82, 2.24) is 5.32 Å². The zero-order chi connectivity index (χ0) is 14.5. The SMILES string of the molecule is CCCNC(c1ccc(C)c(OC)c1)c1sccc1Br. The molecule has 0 fully saturated rings. The van der Waals surface area contributed by atoms with Crippen molar-refractivity contribution in [3.05, 3.63) is 50.1 Å². The summed E-state index contributed by atoms with van der Waals surface area (Å²) in [5, 5.41) is 5.74. The predicted molar refractivity (Wildman–Crippen MR) is 89.9 cm³/mol. The van der Waals surface area contributed by atoms with E-state index in [1.165, 1.54) is 10.4 Å². The van der Waals surface area contributed by atoms with Gasteiger partial charge < -0.3 is 10.1 Å². The van der Waals surface area contributed by atoms with Crippen molar-refractivity contribution < 1.29 is 4.74 Å². The predicted octanol–water partition coefficient (Wildman–Crippen LogP) is 4.92. The highest BCUT2D eigenvalue weighted by Crippen LogP contribution is 2.35. The smallest absolute Gasteiger partial charge is 0.122 e. The average Bonchev–Trinajstić information content (AvgIpc) is 2.87. The quantitative estimate of drug-likeness (QED) is 0.795. The van der Waals surface area contributed by atoms with Gasteiger partial charge in [0.25, 0.3) is 0 Å². The van der Waals surface area contributed by atoms with E-state index >= 15 is 0 Å². The van der Waals surface area contributed by atoms with E-state index in [-0.39, 0.29) is 6.04 Å². The van der Waals surface area contributed by atoms with Crippen LogP contribution in [0.15, 0.2) is 34.1 Å². The lowest BCUT2D eigenvalue weighted by Crippen LogP contribution is -2.22. The molecule has 20 heavy (non-hydrogen) atoms. The summed E-state index contributed by atoms with van der Waals surface area (Å²) in [6.07, 6.45) is 1.11. The van der Waals surface area contributed by atoms with E-state index in [1.54, 1.807) is 18.4 Å². The number of methoxy groups -OCH3 is 1. The minimum atomic E-state index is 0.207. The molecule has 0 radical (unpaired) electrons. The highest BCUT2D eigenvalue weighted by Gasteiger charge is 2.18. The van der Waals surface area contributed by atoms with Gasteiger partial charge in [0.05, 0.1) is 13.2 Å². The number of thiophene rings is 1. The topological polar surface area (TPSA) is 21.3 Å². The van der Waals surface area contributed by atoms with Gasteiger partial charge in [-0.2, -0.15) is 0 Å². The van der Waals surface area contributed by atoms with E-state index in [2.05, 4.69) is 64.7 Å². The number of rotatable bonds is 6. The standard InChI is InChI=1S/C16H20BrNOS/c1-4-8-18-15(16-13(17)7-9-20-16)12-6-5-11(2)14(10-12)19-3/h5-7,9-10,15,18H,4,8H2,1-3H3. The molecule has 0 aliphatic rings. The molecule has 2 rings (SSSR count). The van der Waals surface area contributed by atoms with Gasteiger partial charge in [0.15, 0.2) is 0 Å². The van der Waals surface area contributed by atoms with Crippen LogP contribution in [0.4, 0.5) is 0 Å². The third-order valence-corrected chi connectivity index (χ3v) is 5.21. The Morgan fingerprint density at radius 2 is 2.15 bits per heavy atom. The molecule has 2 aromatic rings. The molecule has 0 bridgehead atoms. The summed E-state index contributed by atoms with van der Waals surface area (Å²) >= 11 is 5.42. The van der Waals surface area contributed by atoms with Crippen LogP contribution in [0.3, 0.4) is 0 Å². The minimum Gasteiger partial charge on any atom is -0.496 e. The summed E-state index contributed by atoms with van der Waals surface area (Å²) in [4.78, 5) is 1.31. The Kier molecular flexibility index (Phi) is 5.64. The Balaban J connectivity index is 2.38. The van der Waals surface area contributed by atoms with Gasteiger partial charge in [0.1, 0.15) is 5.75 Å².